The summed E-state index contributed by atoms with van der Waals surface area (Å²) in [6, 6.07) is 5.43. The maximum atomic E-state index is 14.6. The molecule has 4 heterocycles. The molecule has 5 rings (SSSR count). The topological polar surface area (TPSA) is 93.0 Å². The van der Waals surface area contributed by atoms with Gasteiger partial charge in [0.05, 0.1) is 6.20 Å². The second-order valence-corrected chi connectivity index (χ2v) is 7.65. The lowest BCUT2D eigenvalue weighted by Crippen LogP contribution is -2.52. The van der Waals surface area contributed by atoms with Gasteiger partial charge in [-0.3, -0.25) is 4.98 Å². The maximum Gasteiger partial charge on any atom is 0.336 e. The van der Waals surface area contributed by atoms with E-state index in [1.165, 1.54) is 6.20 Å². The highest BCUT2D eigenvalue weighted by atomic mass is 19.1. The number of hydrogen-bond donors (Lipinski definition) is 2. The van der Waals surface area contributed by atoms with Crippen LogP contribution in [-0.2, 0) is 0 Å². The van der Waals surface area contributed by atoms with Gasteiger partial charge in [0.1, 0.15) is 17.5 Å². The Labute approximate surface area is 161 Å². The molecule has 8 heteroatoms. The first-order valence-corrected chi connectivity index (χ1v) is 9.42. The van der Waals surface area contributed by atoms with Crippen LogP contribution in [0.3, 0.4) is 0 Å². The van der Waals surface area contributed by atoms with Gasteiger partial charge >= 0.3 is 6.01 Å². The summed E-state index contributed by atoms with van der Waals surface area (Å²) in [5.41, 5.74) is 0.932. The fraction of sp³-hybridized carbons (Fsp3) is 0.400. The Morgan fingerprint density at radius 3 is 2.86 bits per heavy atom. The zero-order valence-corrected chi connectivity index (χ0v) is 15.3. The number of phenols is 1. The number of benzene rings is 1. The second kappa shape index (κ2) is 6.63. The Morgan fingerprint density at radius 2 is 2.04 bits per heavy atom. The number of rotatable bonds is 3. The van der Waals surface area contributed by atoms with Crippen molar-refractivity contribution >= 4 is 10.8 Å². The number of piperidine rings is 1. The molecule has 2 aromatic heterocycles. The Kier molecular flexibility index (Phi) is 4.08. The number of fused-ring (bicyclic) bond motifs is 3. The minimum Gasteiger partial charge on any atom is -0.507 e. The van der Waals surface area contributed by atoms with Crippen LogP contribution in [0, 0.1) is 5.92 Å². The number of pyridine rings is 1. The van der Waals surface area contributed by atoms with Gasteiger partial charge in [-0.25, -0.2) is 9.37 Å². The van der Waals surface area contributed by atoms with E-state index in [1.54, 1.807) is 18.5 Å². The predicted molar refractivity (Wildman–Crippen MR) is 101 cm³/mol. The van der Waals surface area contributed by atoms with Crippen LogP contribution >= 0.6 is 0 Å². The van der Waals surface area contributed by atoms with Crippen molar-refractivity contribution in [3.05, 3.63) is 36.8 Å². The third-order valence-corrected chi connectivity index (χ3v) is 5.79. The number of ether oxygens (including phenoxy) is 1. The molecule has 7 nitrogen and oxygen atoms in total. The van der Waals surface area contributed by atoms with Crippen molar-refractivity contribution < 1.29 is 14.2 Å². The monoisotopic (exact) mass is 381 g/mol. The van der Waals surface area contributed by atoms with E-state index >= 15 is 0 Å². The van der Waals surface area contributed by atoms with Crippen molar-refractivity contribution in [2.75, 3.05) is 0 Å². The van der Waals surface area contributed by atoms with Crippen LogP contribution in [0.15, 0.2) is 36.8 Å². The van der Waals surface area contributed by atoms with E-state index in [-0.39, 0.29) is 23.8 Å². The summed E-state index contributed by atoms with van der Waals surface area (Å²) in [7, 11) is 0. The van der Waals surface area contributed by atoms with Gasteiger partial charge in [-0.05, 0) is 35.9 Å². The lowest BCUT2D eigenvalue weighted by atomic mass is 9.98. The summed E-state index contributed by atoms with van der Waals surface area (Å²) >= 11 is 0. The van der Waals surface area contributed by atoms with E-state index in [4.69, 9.17) is 4.74 Å². The zero-order valence-electron chi connectivity index (χ0n) is 15.3. The maximum absolute atomic E-state index is 14.6. The minimum absolute atomic E-state index is 0.0508. The van der Waals surface area contributed by atoms with Crippen molar-refractivity contribution in [3.63, 3.8) is 0 Å². The van der Waals surface area contributed by atoms with Crippen LogP contribution in [-0.4, -0.2) is 49.6 Å². The summed E-state index contributed by atoms with van der Waals surface area (Å²) in [6.45, 7) is 2.13. The summed E-state index contributed by atoms with van der Waals surface area (Å²) in [5.74, 6) is 0.502. The largest absolute Gasteiger partial charge is 0.507 e. The van der Waals surface area contributed by atoms with Crippen LogP contribution in [0.2, 0.25) is 0 Å². The molecule has 2 saturated heterocycles. The van der Waals surface area contributed by atoms with Gasteiger partial charge in [0.15, 0.2) is 6.17 Å². The van der Waals surface area contributed by atoms with Crippen molar-refractivity contribution in [2.24, 2.45) is 5.92 Å². The Balaban J connectivity index is 1.37. The number of phenolic OH excluding ortho intramolecular Hbond substituents is 1. The van der Waals surface area contributed by atoms with Gasteiger partial charge < -0.3 is 15.2 Å². The molecule has 0 radical (unpaired) electrons. The highest BCUT2D eigenvalue weighted by Crippen LogP contribution is 2.35. The molecule has 0 aliphatic carbocycles. The SMILES string of the molecule is CC1CC2NC1C[C@H](Oc1ncc(-c3cc4ccncc4cc3O)nn1)[C@H]2F. The third kappa shape index (κ3) is 2.93. The predicted octanol–water partition coefficient (Wildman–Crippen LogP) is 2.65. The van der Waals surface area contributed by atoms with Crippen molar-refractivity contribution in [1.29, 1.82) is 0 Å². The normalized spacial score (nSPS) is 29.1. The van der Waals surface area contributed by atoms with Crippen LogP contribution in [0.5, 0.6) is 11.8 Å². The molecular formula is C20H20FN5O2. The molecule has 5 atom stereocenters. The van der Waals surface area contributed by atoms with Crippen molar-refractivity contribution in [1.82, 2.24) is 25.5 Å². The van der Waals surface area contributed by atoms with Gasteiger partial charge in [0.25, 0.3) is 0 Å². The quantitative estimate of drug-likeness (QED) is 0.720. The minimum atomic E-state index is -1.09. The highest BCUT2D eigenvalue weighted by molar-refractivity contribution is 5.89. The number of alkyl halides is 1. The molecule has 144 valence electrons. The van der Waals surface area contributed by atoms with Gasteiger partial charge in [0.2, 0.25) is 0 Å². The van der Waals surface area contributed by atoms with Gasteiger partial charge in [-0.15, -0.1) is 5.10 Å². The Bertz CT molecular complexity index is 1010. The summed E-state index contributed by atoms with van der Waals surface area (Å²) in [5, 5.41) is 23.5. The number of halogens is 1. The fourth-order valence-corrected chi connectivity index (χ4v) is 4.25. The molecule has 2 fully saturated rings. The van der Waals surface area contributed by atoms with Crippen LogP contribution in [0.1, 0.15) is 19.8 Å². The van der Waals surface area contributed by atoms with Crippen LogP contribution in [0.25, 0.3) is 22.0 Å². The lowest BCUT2D eigenvalue weighted by Gasteiger charge is -2.32. The molecule has 0 spiro atoms. The molecule has 2 bridgehead atoms. The van der Waals surface area contributed by atoms with Crippen molar-refractivity contribution in [2.45, 2.75) is 44.1 Å². The number of aromatic nitrogens is 4. The van der Waals surface area contributed by atoms with Crippen LogP contribution < -0.4 is 10.1 Å². The summed E-state index contributed by atoms with van der Waals surface area (Å²) < 4.78 is 20.4. The third-order valence-electron chi connectivity index (χ3n) is 5.79. The number of aromatic hydroxyl groups is 1. The Hall–Kier alpha value is -2.87. The first-order chi connectivity index (χ1) is 13.6. The number of nitrogens with zero attached hydrogens (tertiary/aromatic N) is 4. The lowest BCUT2D eigenvalue weighted by molar-refractivity contribution is 0.0375. The summed E-state index contributed by atoms with van der Waals surface area (Å²) in [4.78, 5) is 8.23. The zero-order chi connectivity index (χ0) is 19.3. The molecule has 0 amide bonds. The second-order valence-electron chi connectivity index (χ2n) is 7.65. The fourth-order valence-electron chi connectivity index (χ4n) is 4.25. The smallest absolute Gasteiger partial charge is 0.336 e. The van der Waals surface area contributed by atoms with E-state index in [9.17, 15) is 9.50 Å². The average Bonchev–Trinajstić information content (AvgIpc) is 3.02. The van der Waals surface area contributed by atoms with E-state index in [0.29, 0.717) is 23.6 Å². The van der Waals surface area contributed by atoms with Crippen molar-refractivity contribution in [3.8, 4) is 23.0 Å². The first kappa shape index (κ1) is 17.2. The molecule has 0 saturated carbocycles. The highest BCUT2D eigenvalue weighted by Gasteiger charge is 2.46. The van der Waals surface area contributed by atoms with Gasteiger partial charge in [0, 0.05) is 41.8 Å². The number of nitrogens with one attached hydrogen (secondary N) is 1. The Morgan fingerprint density at radius 1 is 1.14 bits per heavy atom. The first-order valence-electron chi connectivity index (χ1n) is 9.42. The molecule has 2 N–H and O–H groups in total. The molecule has 3 unspecified atom stereocenters. The van der Waals surface area contributed by atoms with E-state index in [0.717, 1.165) is 17.2 Å². The molecule has 2 aliphatic rings. The molecular weight excluding hydrogens is 361 g/mol. The van der Waals surface area contributed by atoms with E-state index in [1.807, 2.05) is 12.1 Å². The molecule has 3 aromatic rings. The molecule has 2 aliphatic heterocycles. The van der Waals surface area contributed by atoms with Gasteiger partial charge in [-0.2, -0.15) is 0 Å². The van der Waals surface area contributed by atoms with Gasteiger partial charge in [-0.1, -0.05) is 12.0 Å². The standard InChI is InChI=1S/C20H20FN5O2/c1-10-4-15-19(21)18(7-14(10)24-15)28-20-23-9-16(25-26-20)13-5-11-2-3-22-8-12(11)6-17(13)27/h2-3,5-6,8-10,14-15,18-19,24,27H,4,7H2,1H3/t10?,14?,15?,18-,19-/m0/s1. The van der Waals surface area contributed by atoms with Crippen LogP contribution in [0.4, 0.5) is 4.39 Å². The average molecular weight is 381 g/mol. The number of hydrogen-bond acceptors (Lipinski definition) is 7. The molecule has 28 heavy (non-hydrogen) atoms. The van der Waals surface area contributed by atoms with E-state index < -0.39 is 12.3 Å². The summed E-state index contributed by atoms with van der Waals surface area (Å²) in [6.07, 6.45) is 4.59. The molecule has 1 aromatic carbocycles. The van der Waals surface area contributed by atoms with E-state index in [2.05, 4.69) is 32.4 Å².